The lowest BCUT2D eigenvalue weighted by Gasteiger charge is -2.22. The van der Waals surface area contributed by atoms with Gasteiger partial charge in [0, 0.05) is 24.3 Å². The highest BCUT2D eigenvalue weighted by Gasteiger charge is 2.42. The number of benzene rings is 2. The number of rotatable bonds is 11. The van der Waals surface area contributed by atoms with E-state index in [4.69, 9.17) is 15.6 Å². The Labute approximate surface area is 293 Å². The van der Waals surface area contributed by atoms with Crippen LogP contribution in [0.3, 0.4) is 0 Å². The van der Waals surface area contributed by atoms with Crippen LogP contribution in [0.1, 0.15) is 75.5 Å². The van der Waals surface area contributed by atoms with Gasteiger partial charge in [-0.3, -0.25) is 19.3 Å². The van der Waals surface area contributed by atoms with Crippen molar-refractivity contribution in [1.82, 2.24) is 9.80 Å². The molecule has 0 spiro atoms. The number of esters is 1. The Morgan fingerprint density at radius 3 is 2.45 bits per heavy atom. The number of halogens is 5. The van der Waals surface area contributed by atoms with Crippen LogP contribution in [-0.2, 0) is 38.4 Å². The fraction of sp³-hybridized carbons (Fsp3) is 0.500. The van der Waals surface area contributed by atoms with Crippen molar-refractivity contribution in [3.63, 3.8) is 0 Å². The molecular formula is C36H45F5N4O6. The van der Waals surface area contributed by atoms with Gasteiger partial charge >= 0.3 is 18.2 Å². The molecule has 5 rings (SSSR count). The molecule has 3 unspecified atom stereocenters. The van der Waals surface area contributed by atoms with E-state index in [0.717, 1.165) is 24.5 Å². The standard InChI is InChI=1S/C14H15F4N3O2.C13H22O2.C9H8FNO2/c15-9-4-8(14(16,17)18)5-10(6-9)20-7-12(22)21-3-1-2-11(21)13(19)23;1-3-5-6-7-8-9-11-10-12(11)13(14)15-4-2;10-8-3-1-2-6-4-11(9(12)13)5-7(6)8/h4-6,11,20H,1-3,7H2,(H2,19,23);8-9,11-12H,3-7,10H2,1-2H3;1-3H,4-5H2,(H,12,13)/b;9-8-;. The number of fused-ring (bicyclic) bond motifs is 1. The first-order chi connectivity index (χ1) is 24.2. The third-order valence-corrected chi connectivity index (χ3v) is 8.55. The molecule has 2 aliphatic heterocycles. The van der Waals surface area contributed by atoms with E-state index in [1.165, 1.54) is 35.1 Å². The molecule has 0 radical (unpaired) electrons. The van der Waals surface area contributed by atoms with Crippen LogP contribution in [0, 0.1) is 23.5 Å². The van der Waals surface area contributed by atoms with Crippen molar-refractivity contribution >= 4 is 29.6 Å². The number of nitrogens with one attached hydrogen (secondary N) is 1. The number of nitrogens with zero attached hydrogens (tertiary/aromatic N) is 2. The van der Waals surface area contributed by atoms with Gasteiger partial charge < -0.3 is 25.8 Å². The quantitative estimate of drug-likeness (QED) is 0.0994. The molecule has 0 aromatic heterocycles. The molecule has 10 nitrogen and oxygen atoms in total. The predicted molar refractivity (Wildman–Crippen MR) is 179 cm³/mol. The number of hydrogen-bond donors (Lipinski definition) is 3. The van der Waals surface area contributed by atoms with Crippen LogP contribution >= 0.6 is 0 Å². The Balaban J connectivity index is 0.000000218. The molecule has 2 aromatic rings. The van der Waals surface area contributed by atoms with Gasteiger partial charge in [-0.15, -0.1) is 0 Å². The molecule has 3 atom stereocenters. The first kappa shape index (κ1) is 40.7. The monoisotopic (exact) mass is 724 g/mol. The van der Waals surface area contributed by atoms with Gasteiger partial charge in [0.05, 0.1) is 31.2 Å². The summed E-state index contributed by atoms with van der Waals surface area (Å²) in [5.74, 6) is -1.88. The van der Waals surface area contributed by atoms with Gasteiger partial charge in [-0.25, -0.2) is 13.6 Å². The largest absolute Gasteiger partial charge is 0.466 e. The van der Waals surface area contributed by atoms with Crippen molar-refractivity contribution in [2.45, 2.75) is 84.1 Å². The Kier molecular flexibility index (Phi) is 15.2. The molecule has 15 heteroatoms. The smallest absolute Gasteiger partial charge is 0.416 e. The molecule has 1 saturated carbocycles. The topological polar surface area (TPSA) is 142 Å². The maximum absolute atomic E-state index is 13.3. The highest BCUT2D eigenvalue weighted by atomic mass is 19.4. The predicted octanol–water partition coefficient (Wildman–Crippen LogP) is 6.87. The van der Waals surface area contributed by atoms with Crippen LogP contribution in [0.2, 0.25) is 0 Å². The number of carbonyl (C=O) groups excluding carboxylic acids is 3. The zero-order chi connectivity index (χ0) is 37.7. The number of ether oxygens (including phenoxy) is 1. The molecule has 4 N–H and O–H groups in total. The van der Waals surface area contributed by atoms with E-state index in [0.29, 0.717) is 56.2 Å². The molecule has 3 amide bonds. The lowest BCUT2D eigenvalue weighted by molar-refractivity contribution is -0.145. The van der Waals surface area contributed by atoms with Crippen molar-refractivity contribution in [3.8, 4) is 0 Å². The molecule has 1 aliphatic carbocycles. The first-order valence-corrected chi connectivity index (χ1v) is 16.9. The number of nitrogens with two attached hydrogens (primary N) is 1. The number of carboxylic acid groups (broad SMARTS) is 1. The van der Waals surface area contributed by atoms with Gasteiger partial charge in [-0.1, -0.05) is 44.1 Å². The normalized spacial score (nSPS) is 19.0. The van der Waals surface area contributed by atoms with Crippen LogP contribution in [0.4, 0.5) is 32.4 Å². The lowest BCUT2D eigenvalue weighted by Crippen LogP contribution is -2.45. The molecule has 2 heterocycles. The summed E-state index contributed by atoms with van der Waals surface area (Å²) in [5.41, 5.74) is 5.15. The van der Waals surface area contributed by atoms with E-state index < -0.39 is 41.5 Å². The van der Waals surface area contributed by atoms with E-state index in [1.807, 2.05) is 6.92 Å². The van der Waals surface area contributed by atoms with E-state index in [9.17, 15) is 41.1 Å². The fourth-order valence-electron chi connectivity index (χ4n) is 5.74. The van der Waals surface area contributed by atoms with Crippen LogP contribution in [0.15, 0.2) is 48.6 Å². The average Bonchev–Trinajstić information content (AvgIpc) is 3.44. The number of primary amides is 1. The number of allylic oxidation sites excluding steroid dienone is 2. The van der Waals surface area contributed by atoms with Gasteiger partial charge in [0.25, 0.3) is 0 Å². The highest BCUT2D eigenvalue weighted by molar-refractivity contribution is 5.89. The van der Waals surface area contributed by atoms with Crippen LogP contribution in [-0.4, -0.2) is 64.5 Å². The number of likely N-dealkylation sites (tertiary alicyclic amines) is 1. The van der Waals surface area contributed by atoms with Crippen molar-refractivity contribution < 1.29 is 51.0 Å². The maximum Gasteiger partial charge on any atom is 0.416 e. The Morgan fingerprint density at radius 2 is 1.82 bits per heavy atom. The summed E-state index contributed by atoms with van der Waals surface area (Å²) in [6.45, 7) is 5.02. The summed E-state index contributed by atoms with van der Waals surface area (Å²) >= 11 is 0. The van der Waals surface area contributed by atoms with E-state index in [2.05, 4.69) is 24.4 Å². The lowest BCUT2D eigenvalue weighted by atomic mass is 10.1. The number of hydrogen-bond acceptors (Lipinski definition) is 6. The SMILES string of the molecule is CCCCC/C=C\C1CC1C(=O)OCC.NC(=O)C1CCCN1C(=O)CNc1cc(F)cc(C(F)(F)F)c1.O=C(O)N1Cc2cccc(F)c2C1. The summed E-state index contributed by atoms with van der Waals surface area (Å²) < 4.78 is 69.2. The second kappa shape index (κ2) is 19.1. The minimum absolute atomic E-state index is 0.0132. The summed E-state index contributed by atoms with van der Waals surface area (Å²) in [6.07, 6.45) is 5.78. The van der Waals surface area contributed by atoms with Gasteiger partial charge in [0.15, 0.2) is 0 Å². The molecule has 3 aliphatic rings. The zero-order valence-corrected chi connectivity index (χ0v) is 28.7. The van der Waals surface area contributed by atoms with E-state index in [-0.39, 0.29) is 36.5 Å². The first-order valence-electron chi connectivity index (χ1n) is 16.9. The molecule has 51 heavy (non-hydrogen) atoms. The van der Waals surface area contributed by atoms with Gasteiger partial charge in [-0.05, 0) is 74.8 Å². The summed E-state index contributed by atoms with van der Waals surface area (Å²) in [4.78, 5) is 47.6. The van der Waals surface area contributed by atoms with Gasteiger partial charge in [-0.2, -0.15) is 13.2 Å². The van der Waals surface area contributed by atoms with Gasteiger partial charge in [0.2, 0.25) is 11.8 Å². The van der Waals surface area contributed by atoms with Crippen molar-refractivity contribution in [2.24, 2.45) is 17.6 Å². The Hall–Kier alpha value is -4.69. The van der Waals surface area contributed by atoms with Crippen molar-refractivity contribution in [3.05, 3.63) is 76.9 Å². The summed E-state index contributed by atoms with van der Waals surface area (Å²) in [7, 11) is 0. The Morgan fingerprint density at radius 1 is 1.08 bits per heavy atom. The third kappa shape index (κ3) is 12.5. The summed E-state index contributed by atoms with van der Waals surface area (Å²) in [5, 5.41) is 11.1. The number of alkyl halides is 3. The molecule has 280 valence electrons. The third-order valence-electron chi connectivity index (χ3n) is 8.55. The number of carbonyl (C=O) groups is 4. The van der Waals surface area contributed by atoms with Crippen LogP contribution in [0.5, 0.6) is 0 Å². The molecule has 0 bridgehead atoms. The molecule has 1 saturated heterocycles. The second-order valence-electron chi connectivity index (χ2n) is 12.4. The number of unbranched alkanes of at least 4 members (excludes halogenated alkanes) is 3. The molecule has 2 fully saturated rings. The van der Waals surface area contributed by atoms with Crippen molar-refractivity contribution in [1.29, 1.82) is 0 Å². The van der Waals surface area contributed by atoms with Crippen molar-refractivity contribution in [2.75, 3.05) is 25.0 Å². The van der Waals surface area contributed by atoms with Crippen LogP contribution in [0.25, 0.3) is 0 Å². The molecule has 2 aromatic carbocycles. The number of amides is 3. The second-order valence-corrected chi connectivity index (χ2v) is 12.4. The highest BCUT2D eigenvalue weighted by Crippen LogP contribution is 2.40. The number of anilines is 1. The van der Waals surface area contributed by atoms with E-state index >= 15 is 0 Å². The average molecular weight is 725 g/mol. The fourth-order valence-corrected chi connectivity index (χ4v) is 5.74. The Bertz CT molecular complexity index is 1550. The minimum atomic E-state index is -4.69. The zero-order valence-electron chi connectivity index (χ0n) is 28.7. The maximum atomic E-state index is 13.3. The summed E-state index contributed by atoms with van der Waals surface area (Å²) in [6, 6.07) is 5.94. The van der Waals surface area contributed by atoms with E-state index in [1.54, 1.807) is 12.1 Å². The van der Waals surface area contributed by atoms with Crippen LogP contribution < -0.4 is 11.1 Å². The van der Waals surface area contributed by atoms with Gasteiger partial charge in [0.1, 0.15) is 17.7 Å². The minimum Gasteiger partial charge on any atom is -0.466 e. The molecular weight excluding hydrogens is 679 g/mol.